The third kappa shape index (κ3) is 32.5. The molecule has 1 aromatic carbocycles. The Morgan fingerprint density at radius 2 is 0.894 bits per heavy atom. The van der Waals surface area contributed by atoms with Crippen LogP contribution in [0.2, 0.25) is 0 Å². The molecule has 2 amide bonds. The molecule has 0 aromatic heterocycles. The van der Waals surface area contributed by atoms with Gasteiger partial charge in [-0.3, -0.25) is 28.8 Å². The molecule has 1 aromatic rings. The summed E-state index contributed by atoms with van der Waals surface area (Å²) >= 11 is 0. The van der Waals surface area contributed by atoms with Gasteiger partial charge >= 0.3 is 11.9 Å². The number of aliphatic hydroxyl groups excluding tert-OH is 5. The zero-order valence-electron chi connectivity index (χ0n) is 87.3. The summed E-state index contributed by atoms with van der Waals surface area (Å²) in [6.07, 6.45) is 23.7. The number of allylic oxidation sites excluding steroid dienone is 12. The number of fused-ring (bicyclic) bond motifs is 6. The number of ketones is 4. The second-order valence-corrected chi connectivity index (χ2v) is 42.6. The van der Waals surface area contributed by atoms with Gasteiger partial charge in [0.15, 0.2) is 0 Å². The lowest BCUT2D eigenvalue weighted by molar-refractivity contribution is -0.267. The molecule has 788 valence electrons. The minimum absolute atomic E-state index is 0.00601. The van der Waals surface area contributed by atoms with Gasteiger partial charge < -0.3 is 97.7 Å². The first-order chi connectivity index (χ1) is 66.9. The number of rotatable bonds is 16. The lowest BCUT2D eigenvalue weighted by atomic mass is 9.78. The van der Waals surface area contributed by atoms with Gasteiger partial charge in [0.05, 0.1) is 68.7 Å². The fourth-order valence-corrected chi connectivity index (χ4v) is 21.8. The van der Waals surface area contributed by atoms with E-state index in [4.69, 9.17) is 52.1 Å². The third-order valence-electron chi connectivity index (χ3n) is 31.5. The zero-order valence-corrected chi connectivity index (χ0v) is 87.3. The van der Waals surface area contributed by atoms with E-state index in [1.165, 1.54) is 24.0 Å². The fourth-order valence-electron chi connectivity index (χ4n) is 21.8. The molecule has 31 atom stereocenters. The minimum atomic E-state index is -2.50. The van der Waals surface area contributed by atoms with Crippen LogP contribution < -0.4 is 0 Å². The van der Waals surface area contributed by atoms with Crippen molar-refractivity contribution in [2.24, 2.45) is 71.0 Å². The largest absolute Gasteiger partial charge is 0.460 e. The molecule has 2 aliphatic carbocycles. The number of esters is 2. The molecule has 7 N–H and O–H groups in total. The van der Waals surface area contributed by atoms with Crippen LogP contribution in [0.25, 0.3) is 0 Å². The van der Waals surface area contributed by atoms with E-state index in [1.807, 2.05) is 107 Å². The van der Waals surface area contributed by atoms with Crippen molar-refractivity contribution in [1.29, 1.82) is 0 Å². The Morgan fingerprint density at radius 3 is 1.29 bits per heavy atom. The summed E-state index contributed by atoms with van der Waals surface area (Å²) in [7, 11) is 6.23. The second kappa shape index (κ2) is 55.9. The number of aliphatic hydroxyl groups is 7. The van der Waals surface area contributed by atoms with E-state index in [-0.39, 0.29) is 129 Å². The number of ether oxygens (including phenoxy) is 11. The molecular formula is C113H170N2O26. The monoisotopic (exact) mass is 1970 g/mol. The Labute approximate surface area is 838 Å². The number of carbonyl (C=O) groups is 8. The molecule has 7 aliphatic heterocycles. The maximum absolute atomic E-state index is 14.5. The molecule has 0 radical (unpaired) electrons. The van der Waals surface area contributed by atoms with Crippen LogP contribution in [0, 0.1) is 71.0 Å². The number of Topliss-reactive ketones (excluding diaryl/α,β-unsaturated/α-hetero) is 4. The van der Waals surface area contributed by atoms with E-state index in [2.05, 4.69) is 53.0 Å². The smallest absolute Gasteiger partial charge is 0.329 e. The van der Waals surface area contributed by atoms with Crippen molar-refractivity contribution < 1.29 is 126 Å². The molecule has 9 aliphatic rings. The SMILES string of the molecule is C=C1[C@H](C)C[C@H](C)/C=C/C=C/C=C(\C)C(OC2COC2)C[C@@H]2CC[C@@H](C)[C@@](O)(O2)C(=O)C(=O)N2CCCCC2C(=O)O[C@H]([C@H](C)C[C@@H]2CC[C@@H](O)[C@H](OC)C2)CC(=O)[C@H](C)/C=C(\C)[C@@H](O)[C@H]1OC.C=C1[C@H](C)C[C@H](C)/C=C/C=C/C=C(\C)C(OC[C@@H](O)c2ccccc2)C[C@@H]2CC[C@@H](C)[C@@](O)(O2)C(=O)C(=O)N2CCCCC2C(=O)O[C@H]([C@H](C)C[C@@H]2CC[C@@H](O)[C@H](OC)C2)CC(=O)[C@H](C)/C=C(\C)[C@@H](O)[C@H]1OC. The van der Waals surface area contributed by atoms with E-state index in [9.17, 15) is 74.1 Å². The van der Waals surface area contributed by atoms with Crippen molar-refractivity contribution >= 4 is 46.9 Å². The number of nitrogens with zero attached hydrogens (tertiary/aromatic N) is 2. The summed E-state index contributed by atoms with van der Waals surface area (Å²) in [6.45, 7) is 36.2. The molecule has 28 heteroatoms. The highest BCUT2D eigenvalue weighted by Gasteiger charge is 2.56. The number of amides is 2. The van der Waals surface area contributed by atoms with E-state index < -0.39 is 162 Å². The summed E-state index contributed by atoms with van der Waals surface area (Å²) in [5.74, 6) is -14.1. The van der Waals surface area contributed by atoms with Gasteiger partial charge in [0.2, 0.25) is 11.6 Å². The highest BCUT2D eigenvalue weighted by molar-refractivity contribution is 6.39. The second-order valence-electron chi connectivity index (χ2n) is 42.6. The summed E-state index contributed by atoms with van der Waals surface area (Å²) < 4.78 is 66.3. The van der Waals surface area contributed by atoms with Crippen LogP contribution in [-0.4, -0.2) is 269 Å². The summed E-state index contributed by atoms with van der Waals surface area (Å²) in [5, 5.41) is 79.7. The van der Waals surface area contributed by atoms with Crippen molar-refractivity contribution in [2.45, 2.75) is 372 Å². The van der Waals surface area contributed by atoms with Gasteiger partial charge in [-0.15, -0.1) is 0 Å². The molecule has 10 rings (SSSR count). The van der Waals surface area contributed by atoms with E-state index >= 15 is 0 Å². The first-order valence-corrected chi connectivity index (χ1v) is 52.1. The van der Waals surface area contributed by atoms with Gasteiger partial charge in [0, 0.05) is 90.9 Å². The van der Waals surface area contributed by atoms with Crippen LogP contribution in [-0.2, 0) is 90.5 Å². The van der Waals surface area contributed by atoms with Gasteiger partial charge in [0.1, 0.15) is 72.5 Å². The van der Waals surface area contributed by atoms with Gasteiger partial charge in [-0.1, -0.05) is 186 Å². The zero-order chi connectivity index (χ0) is 103. The van der Waals surface area contributed by atoms with Crippen LogP contribution >= 0.6 is 0 Å². The molecule has 2 saturated carbocycles. The standard InChI is InChI=1S/C59H87NO13.C54H83NO13/c1-36-19-13-11-14-20-37(2)51(71-35-50(63)45-21-15-12-16-22-45)33-46-26-24-42(7)59(68,73-46)56(65)57(66)60-28-18-17-23-47(60)58(67)72-52(40(5)31-44-25-27-48(61)53(32-44)69-9)34-49(62)39(4)30-41(6)54(64)55(70-10)43(8)38(3)29-36;1-32-16-12-11-13-17-33(2)46(66-42-30-65-31-42)28-41-21-19-38(7)54(62,68-41)51(59)52(60)55-23-15-14-18-43(55)53(61)67-47(36(5)26-40-20-22-44(56)48(27-40)63-9)29-45(57)35(4)25-37(6)49(58)50(64-10)39(8)34(3)24-32/h11-16,19-22,30,36,38-40,42,44,46-48,50-55,61,63-64,68H,8,17-18,23-29,31-35H2,1-7,9-10H3;11-13,16-17,25,32,34-36,38,40-44,46-50,56,58,62H,8,14-15,18-24,26-31H2,1-7,9-10H3/b14-11+,19-13+,37-20+,41-30+;13-11+,16-12+,33-17+,37-25+/t36-,38-,39-,40-,42-,44+,46+,47?,48-,50-,51?,52+,53-,54-,55+,59-;32-,34-,35-,36-,38-,40+,41+,43?,44-,46?,47+,48-,49-,50+,54-/m11/s1. The predicted molar refractivity (Wildman–Crippen MR) is 538 cm³/mol. The van der Waals surface area contributed by atoms with E-state index in [0.29, 0.717) is 126 Å². The quantitative estimate of drug-likeness (QED) is 0.0459. The van der Waals surface area contributed by atoms with Gasteiger partial charge in [0.25, 0.3) is 23.4 Å². The van der Waals surface area contributed by atoms with Crippen LogP contribution in [0.4, 0.5) is 0 Å². The van der Waals surface area contributed by atoms with Crippen LogP contribution in [0.15, 0.2) is 150 Å². The Kier molecular flexibility index (Phi) is 46.4. The third-order valence-corrected chi connectivity index (χ3v) is 31.5. The first-order valence-electron chi connectivity index (χ1n) is 52.1. The van der Waals surface area contributed by atoms with Gasteiger partial charge in [-0.25, -0.2) is 9.59 Å². The van der Waals surface area contributed by atoms with Crippen LogP contribution in [0.1, 0.15) is 263 Å². The number of piperidine rings is 2. The Hall–Kier alpha value is -7.46. The maximum atomic E-state index is 14.5. The Balaban J connectivity index is 0.000000316. The normalized spacial score (nSPS) is 39.0. The summed E-state index contributed by atoms with van der Waals surface area (Å²) in [4.78, 5) is 118. The average molecular weight is 1970 g/mol. The predicted octanol–water partition coefficient (Wildman–Crippen LogP) is 15.2. The molecule has 28 nitrogen and oxygen atoms in total. The van der Waals surface area contributed by atoms with Crippen LogP contribution in [0.3, 0.4) is 0 Å². The molecule has 7 heterocycles. The molecule has 4 unspecified atom stereocenters. The molecule has 0 spiro atoms. The number of benzene rings is 1. The topological polar surface area (TPSA) is 386 Å². The van der Waals surface area contributed by atoms with Crippen molar-refractivity contribution in [3.8, 4) is 0 Å². The van der Waals surface area contributed by atoms with Crippen molar-refractivity contribution in [3.63, 3.8) is 0 Å². The summed E-state index contributed by atoms with van der Waals surface area (Å²) in [6, 6.07) is 6.90. The Morgan fingerprint density at radius 1 is 0.482 bits per heavy atom. The van der Waals surface area contributed by atoms with E-state index in [0.717, 1.165) is 48.0 Å². The van der Waals surface area contributed by atoms with Crippen molar-refractivity contribution in [3.05, 3.63) is 155 Å². The van der Waals surface area contributed by atoms with Crippen molar-refractivity contribution in [2.75, 3.05) is 61.3 Å². The lowest BCUT2D eigenvalue weighted by Crippen LogP contribution is -2.61. The van der Waals surface area contributed by atoms with E-state index in [1.54, 1.807) is 67.9 Å². The van der Waals surface area contributed by atoms with Gasteiger partial charge in [-0.2, -0.15) is 0 Å². The lowest BCUT2D eigenvalue weighted by Gasteiger charge is -2.43. The minimum Gasteiger partial charge on any atom is -0.460 e. The average Bonchev–Trinajstić information content (AvgIpc) is 0.774. The first kappa shape index (κ1) is 117. The van der Waals surface area contributed by atoms with Crippen molar-refractivity contribution in [1.82, 2.24) is 9.80 Å². The number of hydrogen-bond donors (Lipinski definition) is 7. The maximum Gasteiger partial charge on any atom is 0.329 e. The van der Waals surface area contributed by atoms with Crippen LogP contribution in [0.5, 0.6) is 0 Å². The highest BCUT2D eigenvalue weighted by Crippen LogP contribution is 2.43. The molecule has 7 fully saturated rings. The number of carbonyl (C=O) groups excluding carboxylic acids is 8. The molecular weight excluding hydrogens is 1800 g/mol. The molecule has 5 saturated heterocycles. The number of hydrogen-bond acceptors (Lipinski definition) is 26. The molecule has 141 heavy (non-hydrogen) atoms. The fraction of sp³-hybridized carbons (Fsp3) is 0.699. The highest BCUT2D eigenvalue weighted by atomic mass is 16.7. The number of methoxy groups -OCH3 is 4. The molecule has 4 bridgehead atoms. The summed E-state index contributed by atoms with van der Waals surface area (Å²) in [5.41, 5.74) is 4.96. The van der Waals surface area contributed by atoms with Gasteiger partial charge in [-0.05, 0) is 242 Å². The number of cyclic esters (lactones) is 2. The Bertz CT molecular complexity index is 4530.